The lowest BCUT2D eigenvalue weighted by Gasteiger charge is -2.37. The number of hydrogen-bond donors (Lipinski definition) is 1. The Morgan fingerprint density at radius 2 is 1.97 bits per heavy atom. The predicted molar refractivity (Wildman–Crippen MR) is 120 cm³/mol. The first-order chi connectivity index (χ1) is 16.7. The Labute approximate surface area is 201 Å². The van der Waals surface area contributed by atoms with Gasteiger partial charge < -0.3 is 20.3 Å². The molecule has 186 valence electrons. The van der Waals surface area contributed by atoms with E-state index in [1.165, 1.54) is 0 Å². The van der Waals surface area contributed by atoms with E-state index in [1.54, 1.807) is 9.80 Å². The summed E-state index contributed by atoms with van der Waals surface area (Å²) in [5.74, 6) is -0.271. The van der Waals surface area contributed by atoms with Gasteiger partial charge in [-0.25, -0.2) is 4.79 Å². The number of hydrogen-bond acceptors (Lipinski definition) is 5. The fourth-order valence-corrected chi connectivity index (χ4v) is 5.77. The van der Waals surface area contributed by atoms with Crippen molar-refractivity contribution in [3.05, 3.63) is 65.0 Å². The van der Waals surface area contributed by atoms with Gasteiger partial charge >= 0.3 is 12.3 Å². The van der Waals surface area contributed by atoms with Crippen molar-refractivity contribution < 1.29 is 27.5 Å². The van der Waals surface area contributed by atoms with E-state index >= 15 is 0 Å². The number of benzene rings is 1. The Bertz CT molecular complexity index is 1130. The maximum absolute atomic E-state index is 13.8. The first-order valence-corrected chi connectivity index (χ1v) is 11.7. The van der Waals surface area contributed by atoms with E-state index in [1.807, 2.05) is 30.3 Å². The van der Waals surface area contributed by atoms with Crippen LogP contribution in [-0.2, 0) is 35.3 Å². The number of fused-ring (bicyclic) bond motifs is 2. The Kier molecular flexibility index (Phi) is 5.94. The molecular weight excluding hydrogens is 461 g/mol. The highest BCUT2D eigenvalue weighted by Crippen LogP contribution is 2.50. The Morgan fingerprint density at radius 1 is 1.20 bits per heavy atom. The van der Waals surface area contributed by atoms with Crippen LogP contribution >= 0.6 is 0 Å². The van der Waals surface area contributed by atoms with E-state index in [0.717, 1.165) is 17.8 Å². The third-order valence-electron chi connectivity index (χ3n) is 7.45. The molecule has 0 radical (unpaired) electrons. The number of halogens is 3. The zero-order valence-corrected chi connectivity index (χ0v) is 19.1. The van der Waals surface area contributed by atoms with Crippen molar-refractivity contribution in [2.75, 3.05) is 19.6 Å². The van der Waals surface area contributed by atoms with Crippen molar-refractivity contribution in [2.24, 2.45) is 17.1 Å². The highest BCUT2D eigenvalue weighted by atomic mass is 19.4. The lowest BCUT2D eigenvalue weighted by atomic mass is 9.78. The number of nitrogens with two attached hydrogens (primary N) is 1. The van der Waals surface area contributed by atoms with Crippen LogP contribution in [0.15, 0.2) is 42.6 Å². The van der Waals surface area contributed by atoms with Crippen LogP contribution in [0.3, 0.4) is 0 Å². The van der Waals surface area contributed by atoms with Crippen LogP contribution < -0.4 is 5.73 Å². The van der Waals surface area contributed by atoms with Crippen molar-refractivity contribution in [3.63, 3.8) is 0 Å². The minimum atomic E-state index is -4.50. The second kappa shape index (κ2) is 8.82. The quantitative estimate of drug-likeness (QED) is 0.716. The number of nitrogens with zero attached hydrogens (tertiary/aromatic N) is 3. The molecule has 2 aliphatic heterocycles. The van der Waals surface area contributed by atoms with E-state index in [9.17, 15) is 22.8 Å². The molecule has 35 heavy (non-hydrogen) atoms. The number of alkyl halides is 3. The van der Waals surface area contributed by atoms with E-state index in [0.29, 0.717) is 43.6 Å². The molecule has 2 fully saturated rings. The minimum absolute atomic E-state index is 0.0627. The van der Waals surface area contributed by atoms with Crippen molar-refractivity contribution >= 4 is 12.0 Å². The third-order valence-corrected chi connectivity index (χ3v) is 7.45. The van der Waals surface area contributed by atoms with Crippen molar-refractivity contribution in [2.45, 2.75) is 44.6 Å². The summed E-state index contributed by atoms with van der Waals surface area (Å²) in [7, 11) is 0. The molecule has 10 heteroatoms. The molecular formula is C25H27F3N4O3. The molecule has 0 unspecified atom stereocenters. The zero-order chi connectivity index (χ0) is 24.8. The van der Waals surface area contributed by atoms with Crippen molar-refractivity contribution in [3.8, 4) is 0 Å². The third kappa shape index (κ3) is 4.47. The number of likely N-dealkylation sites (tertiary alicyclic amines) is 1. The van der Waals surface area contributed by atoms with Gasteiger partial charge in [-0.2, -0.15) is 13.2 Å². The van der Waals surface area contributed by atoms with E-state index in [-0.39, 0.29) is 37.6 Å². The number of aromatic nitrogens is 1. The standard InChI is InChI=1S/C25H27F3N4O3/c26-25(27,28)18-8-17-12-31(7-6-21(17)30-11-18)22(33)24-10-20(29)9-19(24)13-32(15-24)23(34)35-14-16-4-2-1-3-5-16/h1-5,8,11,19-20H,6-7,9-10,12-15,29H2/t19-,20+,24-/m0/s1. The Morgan fingerprint density at radius 3 is 2.71 bits per heavy atom. The smallest absolute Gasteiger partial charge is 0.417 e. The van der Waals surface area contributed by atoms with Gasteiger partial charge in [-0.05, 0) is 36.0 Å². The highest BCUT2D eigenvalue weighted by Gasteiger charge is 2.59. The SMILES string of the molecule is N[C@@H]1C[C@H]2CN(C(=O)OCc3ccccc3)C[C@@]2(C(=O)N2CCc3ncc(C(F)(F)F)cc3C2)C1. The molecule has 2 N–H and O–H groups in total. The molecule has 1 saturated heterocycles. The van der Waals surface area contributed by atoms with Gasteiger partial charge in [-0.1, -0.05) is 30.3 Å². The molecule has 5 rings (SSSR count). The van der Waals surface area contributed by atoms with Crippen LogP contribution in [0, 0.1) is 11.3 Å². The van der Waals surface area contributed by atoms with Crippen molar-refractivity contribution in [1.82, 2.24) is 14.8 Å². The van der Waals surface area contributed by atoms with Gasteiger partial charge in [0.1, 0.15) is 6.61 Å². The molecule has 3 heterocycles. The van der Waals surface area contributed by atoms with E-state index < -0.39 is 23.2 Å². The lowest BCUT2D eigenvalue weighted by molar-refractivity contribution is -0.143. The van der Waals surface area contributed by atoms with Crippen LogP contribution in [0.25, 0.3) is 0 Å². The van der Waals surface area contributed by atoms with Crippen LogP contribution in [0.4, 0.5) is 18.0 Å². The highest BCUT2D eigenvalue weighted by molar-refractivity contribution is 5.86. The maximum Gasteiger partial charge on any atom is 0.417 e. The molecule has 7 nitrogen and oxygen atoms in total. The summed E-state index contributed by atoms with van der Waals surface area (Å²) in [6.07, 6.45) is -2.71. The predicted octanol–water partition coefficient (Wildman–Crippen LogP) is 3.36. The minimum Gasteiger partial charge on any atom is -0.445 e. The fraction of sp³-hybridized carbons (Fsp3) is 0.480. The monoisotopic (exact) mass is 488 g/mol. The molecule has 0 spiro atoms. The van der Waals surface area contributed by atoms with Gasteiger partial charge in [0.25, 0.3) is 0 Å². The Balaban J connectivity index is 1.31. The molecule has 2 amide bonds. The first-order valence-electron chi connectivity index (χ1n) is 11.7. The van der Waals surface area contributed by atoms with Crippen LogP contribution in [0.2, 0.25) is 0 Å². The molecule has 1 aliphatic carbocycles. The van der Waals surface area contributed by atoms with Gasteiger partial charge in [-0.15, -0.1) is 0 Å². The normalized spacial score (nSPS) is 25.8. The number of carbonyl (C=O) groups excluding carboxylic acids is 2. The van der Waals surface area contributed by atoms with Gasteiger partial charge in [0.05, 0.1) is 11.0 Å². The second-order valence-corrected chi connectivity index (χ2v) is 9.78. The number of rotatable bonds is 3. The van der Waals surface area contributed by atoms with Crippen LogP contribution in [0.5, 0.6) is 0 Å². The fourth-order valence-electron chi connectivity index (χ4n) is 5.77. The summed E-state index contributed by atoms with van der Waals surface area (Å²) >= 11 is 0. The molecule has 2 aromatic rings. The van der Waals surface area contributed by atoms with E-state index in [2.05, 4.69) is 4.98 Å². The van der Waals surface area contributed by atoms with Gasteiger partial charge in [-0.3, -0.25) is 9.78 Å². The molecule has 0 bridgehead atoms. The van der Waals surface area contributed by atoms with Gasteiger partial charge in [0, 0.05) is 50.5 Å². The lowest BCUT2D eigenvalue weighted by Crippen LogP contribution is -2.49. The number of amides is 2. The van der Waals surface area contributed by atoms with Crippen LogP contribution in [-0.4, -0.2) is 52.5 Å². The molecule has 3 atom stereocenters. The largest absolute Gasteiger partial charge is 0.445 e. The van der Waals surface area contributed by atoms with Crippen LogP contribution in [0.1, 0.15) is 35.2 Å². The molecule has 1 saturated carbocycles. The summed E-state index contributed by atoms with van der Waals surface area (Å²) in [6.45, 7) is 1.14. The average Bonchev–Trinajstić information content (AvgIpc) is 3.35. The topological polar surface area (TPSA) is 88.8 Å². The summed E-state index contributed by atoms with van der Waals surface area (Å²) in [5.41, 5.74) is 6.42. The second-order valence-electron chi connectivity index (χ2n) is 9.78. The first kappa shape index (κ1) is 23.6. The number of carbonyl (C=O) groups is 2. The Hall–Kier alpha value is -3.14. The summed E-state index contributed by atoms with van der Waals surface area (Å²) in [5, 5.41) is 0. The van der Waals surface area contributed by atoms with E-state index in [4.69, 9.17) is 10.5 Å². The van der Waals surface area contributed by atoms with Gasteiger partial charge in [0.2, 0.25) is 5.91 Å². The number of ether oxygens (including phenoxy) is 1. The maximum atomic E-state index is 13.8. The average molecular weight is 489 g/mol. The molecule has 1 aromatic carbocycles. The molecule has 1 aromatic heterocycles. The summed E-state index contributed by atoms with van der Waals surface area (Å²) in [4.78, 5) is 33.8. The summed E-state index contributed by atoms with van der Waals surface area (Å²) < 4.78 is 45.0. The molecule has 3 aliphatic rings. The summed E-state index contributed by atoms with van der Waals surface area (Å²) in [6, 6.07) is 10.3. The zero-order valence-electron chi connectivity index (χ0n) is 19.1. The van der Waals surface area contributed by atoms with Gasteiger partial charge in [0.15, 0.2) is 0 Å². The number of pyridine rings is 1. The van der Waals surface area contributed by atoms with Crippen molar-refractivity contribution in [1.29, 1.82) is 0 Å².